The number of nitrogens with one attached hydrogen (secondary N) is 1. The van der Waals surface area contributed by atoms with Gasteiger partial charge in [-0.15, -0.1) is 0 Å². The smallest absolute Gasteiger partial charge is 0.127 e. The van der Waals surface area contributed by atoms with E-state index in [0.717, 1.165) is 36.7 Å². The van der Waals surface area contributed by atoms with Gasteiger partial charge in [-0.2, -0.15) is 0 Å². The van der Waals surface area contributed by atoms with Crippen molar-refractivity contribution in [2.24, 2.45) is 4.99 Å². The van der Waals surface area contributed by atoms with Crippen molar-refractivity contribution in [1.29, 1.82) is 0 Å². The van der Waals surface area contributed by atoms with E-state index in [0.29, 0.717) is 0 Å². The third-order valence-corrected chi connectivity index (χ3v) is 2.35. The number of hydrogen-bond acceptors (Lipinski definition) is 2. The standard InChI is InChI=1S/C9H11ClN2.C2H6/c10-8-4-3-7-2-1-5-11-9(7)12-6-8;1-2/h3,6H,1-2,4-5H2,(H,11,12);1-2H3. The van der Waals surface area contributed by atoms with Crippen LogP contribution in [-0.2, 0) is 0 Å². The molecule has 0 spiro atoms. The molecule has 0 unspecified atom stereocenters. The fourth-order valence-electron chi connectivity index (χ4n) is 1.44. The van der Waals surface area contributed by atoms with Gasteiger partial charge in [-0.1, -0.05) is 31.5 Å². The van der Waals surface area contributed by atoms with Gasteiger partial charge in [0.2, 0.25) is 0 Å². The second-order valence-electron chi connectivity index (χ2n) is 3.00. The minimum absolute atomic E-state index is 0.836. The van der Waals surface area contributed by atoms with E-state index in [1.165, 1.54) is 5.57 Å². The highest BCUT2D eigenvalue weighted by atomic mass is 35.5. The molecular weight excluding hydrogens is 196 g/mol. The largest absolute Gasteiger partial charge is 0.346 e. The van der Waals surface area contributed by atoms with Crippen LogP contribution < -0.4 is 5.32 Å². The van der Waals surface area contributed by atoms with Crippen LogP contribution in [0.1, 0.15) is 33.1 Å². The fourth-order valence-corrected chi connectivity index (χ4v) is 1.58. The molecule has 0 bridgehead atoms. The summed E-state index contributed by atoms with van der Waals surface area (Å²) in [5.41, 5.74) is 1.31. The second kappa shape index (κ2) is 5.86. The molecule has 0 aromatic carbocycles. The molecule has 0 amide bonds. The van der Waals surface area contributed by atoms with Gasteiger partial charge in [0, 0.05) is 24.2 Å². The third-order valence-electron chi connectivity index (χ3n) is 2.09. The van der Waals surface area contributed by atoms with Crippen molar-refractivity contribution in [2.45, 2.75) is 33.1 Å². The molecule has 0 aromatic rings. The average Bonchev–Trinajstić information content (AvgIpc) is 2.45. The number of nitrogens with zero attached hydrogens (tertiary/aromatic N) is 1. The van der Waals surface area contributed by atoms with Crippen LogP contribution >= 0.6 is 11.6 Å². The SMILES string of the molecule is CC.ClC1=CNC2=NCCCC2=CC1. The summed E-state index contributed by atoms with van der Waals surface area (Å²) < 4.78 is 0. The summed E-state index contributed by atoms with van der Waals surface area (Å²) in [7, 11) is 0. The van der Waals surface area contributed by atoms with Gasteiger partial charge in [-0.05, 0) is 18.4 Å². The van der Waals surface area contributed by atoms with Crippen LogP contribution in [0.3, 0.4) is 0 Å². The predicted octanol–water partition coefficient (Wildman–Crippen LogP) is 3.20. The monoisotopic (exact) mass is 212 g/mol. The lowest BCUT2D eigenvalue weighted by Gasteiger charge is -2.13. The zero-order valence-electron chi connectivity index (χ0n) is 8.81. The first kappa shape index (κ1) is 11.3. The topological polar surface area (TPSA) is 24.4 Å². The number of aliphatic imine (C=N–C) groups is 1. The molecule has 78 valence electrons. The third kappa shape index (κ3) is 2.88. The Morgan fingerprint density at radius 3 is 3.00 bits per heavy atom. The normalized spacial score (nSPS) is 19.8. The fraction of sp³-hybridized carbons (Fsp3) is 0.545. The molecule has 2 aliphatic heterocycles. The zero-order chi connectivity index (χ0) is 10.4. The minimum atomic E-state index is 0.836. The van der Waals surface area contributed by atoms with E-state index < -0.39 is 0 Å². The molecule has 2 heterocycles. The first-order valence-electron chi connectivity index (χ1n) is 5.21. The predicted molar refractivity (Wildman–Crippen MR) is 62.7 cm³/mol. The number of halogens is 1. The van der Waals surface area contributed by atoms with Crippen LogP contribution in [0, 0.1) is 0 Å². The van der Waals surface area contributed by atoms with E-state index >= 15 is 0 Å². The molecule has 0 radical (unpaired) electrons. The van der Waals surface area contributed by atoms with Gasteiger partial charge < -0.3 is 5.32 Å². The summed E-state index contributed by atoms with van der Waals surface area (Å²) in [6.07, 6.45) is 7.12. The van der Waals surface area contributed by atoms with Gasteiger partial charge in [0.25, 0.3) is 0 Å². The molecule has 0 fully saturated rings. The van der Waals surface area contributed by atoms with Crippen molar-refractivity contribution >= 4 is 17.4 Å². The molecular formula is C11H17ClN2. The molecule has 2 aliphatic rings. The van der Waals surface area contributed by atoms with E-state index in [9.17, 15) is 0 Å². The van der Waals surface area contributed by atoms with Gasteiger partial charge in [-0.3, -0.25) is 4.99 Å². The van der Waals surface area contributed by atoms with E-state index in [1.54, 1.807) is 0 Å². The highest BCUT2D eigenvalue weighted by Crippen LogP contribution is 2.19. The summed E-state index contributed by atoms with van der Waals surface area (Å²) in [5.74, 6) is 1.01. The van der Waals surface area contributed by atoms with Gasteiger partial charge in [-0.25, -0.2) is 0 Å². The van der Waals surface area contributed by atoms with Crippen LogP contribution in [0.15, 0.2) is 27.9 Å². The summed E-state index contributed by atoms with van der Waals surface area (Å²) in [6.45, 7) is 4.94. The first-order valence-corrected chi connectivity index (χ1v) is 5.59. The highest BCUT2D eigenvalue weighted by Gasteiger charge is 2.12. The maximum atomic E-state index is 5.89. The summed E-state index contributed by atoms with van der Waals surface area (Å²) in [6, 6.07) is 0. The van der Waals surface area contributed by atoms with E-state index in [1.807, 2.05) is 20.0 Å². The van der Waals surface area contributed by atoms with Crippen LogP contribution in [0.2, 0.25) is 0 Å². The summed E-state index contributed by atoms with van der Waals surface area (Å²) in [5, 5.41) is 3.97. The van der Waals surface area contributed by atoms with Crippen molar-refractivity contribution in [3.8, 4) is 0 Å². The van der Waals surface area contributed by atoms with Crippen LogP contribution in [0.4, 0.5) is 0 Å². The Bertz CT molecular complexity index is 277. The van der Waals surface area contributed by atoms with Crippen molar-refractivity contribution < 1.29 is 0 Å². The number of amidine groups is 1. The number of hydrogen-bond donors (Lipinski definition) is 1. The quantitative estimate of drug-likeness (QED) is 0.655. The van der Waals surface area contributed by atoms with Gasteiger partial charge in [0.1, 0.15) is 5.84 Å². The molecule has 14 heavy (non-hydrogen) atoms. The van der Waals surface area contributed by atoms with Crippen molar-refractivity contribution in [2.75, 3.05) is 6.54 Å². The summed E-state index contributed by atoms with van der Waals surface area (Å²) >= 11 is 5.89. The van der Waals surface area contributed by atoms with Crippen molar-refractivity contribution in [3.63, 3.8) is 0 Å². The Morgan fingerprint density at radius 1 is 1.43 bits per heavy atom. The number of rotatable bonds is 0. The van der Waals surface area contributed by atoms with Crippen LogP contribution in [0.25, 0.3) is 0 Å². The second-order valence-corrected chi connectivity index (χ2v) is 3.49. The average molecular weight is 213 g/mol. The molecule has 0 aromatic heterocycles. The van der Waals surface area contributed by atoms with Crippen molar-refractivity contribution in [1.82, 2.24) is 5.32 Å². The van der Waals surface area contributed by atoms with Crippen molar-refractivity contribution in [3.05, 3.63) is 22.9 Å². The molecule has 2 rings (SSSR count). The Balaban J connectivity index is 0.000000461. The van der Waals surface area contributed by atoms with E-state index in [4.69, 9.17) is 11.6 Å². The lowest BCUT2D eigenvalue weighted by Crippen LogP contribution is -2.22. The zero-order valence-corrected chi connectivity index (χ0v) is 9.56. The maximum Gasteiger partial charge on any atom is 0.127 e. The van der Waals surface area contributed by atoms with E-state index in [2.05, 4.69) is 16.4 Å². The molecule has 0 saturated heterocycles. The number of allylic oxidation sites excluding steroid dienone is 2. The maximum absolute atomic E-state index is 5.89. The van der Waals surface area contributed by atoms with Crippen LogP contribution in [-0.4, -0.2) is 12.4 Å². The Morgan fingerprint density at radius 2 is 2.21 bits per heavy atom. The summed E-state index contributed by atoms with van der Waals surface area (Å²) in [4.78, 5) is 4.38. The Kier molecular flexibility index (Phi) is 4.74. The molecule has 1 N–H and O–H groups in total. The molecule has 3 heteroatoms. The Labute approximate surface area is 90.8 Å². The Hall–Kier alpha value is -0.760. The van der Waals surface area contributed by atoms with E-state index in [-0.39, 0.29) is 0 Å². The molecule has 0 atom stereocenters. The lowest BCUT2D eigenvalue weighted by atomic mass is 10.1. The van der Waals surface area contributed by atoms with Gasteiger partial charge >= 0.3 is 0 Å². The number of fused-ring (bicyclic) bond motifs is 1. The van der Waals surface area contributed by atoms with Gasteiger partial charge in [0.15, 0.2) is 0 Å². The minimum Gasteiger partial charge on any atom is -0.346 e. The van der Waals surface area contributed by atoms with Crippen LogP contribution in [0.5, 0.6) is 0 Å². The highest BCUT2D eigenvalue weighted by molar-refractivity contribution is 6.30. The first-order chi connectivity index (χ1) is 6.86. The lowest BCUT2D eigenvalue weighted by molar-refractivity contribution is 0.803. The molecule has 0 saturated carbocycles. The molecule has 2 nitrogen and oxygen atoms in total. The van der Waals surface area contributed by atoms with Gasteiger partial charge in [0.05, 0.1) is 0 Å². The molecule has 0 aliphatic carbocycles.